The molecule has 0 unspecified atom stereocenters. The van der Waals surface area contributed by atoms with Gasteiger partial charge in [0.1, 0.15) is 11.4 Å². The Hall–Kier alpha value is -3.93. The molecule has 0 saturated heterocycles. The lowest BCUT2D eigenvalue weighted by atomic mass is 10.0. The summed E-state index contributed by atoms with van der Waals surface area (Å²) in [4.78, 5) is 12.3. The van der Waals surface area contributed by atoms with Crippen molar-refractivity contribution in [2.75, 3.05) is 7.11 Å². The molecule has 0 aliphatic carbocycles. The van der Waals surface area contributed by atoms with Crippen LogP contribution < -0.4 is 10.2 Å². The van der Waals surface area contributed by atoms with E-state index in [-0.39, 0.29) is 5.91 Å². The van der Waals surface area contributed by atoms with Crippen LogP contribution in [0.15, 0.2) is 77.9 Å². The highest BCUT2D eigenvalue weighted by Gasteiger charge is 2.12. The molecule has 0 aliphatic rings. The predicted octanol–water partition coefficient (Wildman–Crippen LogP) is 4.00. The number of amides is 1. The minimum atomic E-state index is -0.358. The van der Waals surface area contributed by atoms with Crippen LogP contribution in [0, 0.1) is 0 Å². The minimum Gasteiger partial charge on any atom is -0.497 e. The van der Waals surface area contributed by atoms with Crippen molar-refractivity contribution in [3.05, 3.63) is 84.1 Å². The number of rotatable bonds is 5. The summed E-state index contributed by atoms with van der Waals surface area (Å²) in [5.74, 6) is 0.406. The molecule has 1 heterocycles. The van der Waals surface area contributed by atoms with Crippen LogP contribution in [0.4, 0.5) is 0 Å². The Morgan fingerprint density at radius 2 is 1.86 bits per heavy atom. The Morgan fingerprint density at radius 1 is 1.07 bits per heavy atom. The number of methoxy groups -OCH3 is 1. The first-order valence-corrected chi connectivity index (χ1v) is 8.75. The second-order valence-electron chi connectivity index (χ2n) is 6.17. The minimum absolute atomic E-state index is 0.342. The van der Waals surface area contributed by atoms with E-state index in [1.807, 2.05) is 66.7 Å². The Bertz CT molecular complexity index is 1140. The van der Waals surface area contributed by atoms with Crippen molar-refractivity contribution >= 4 is 22.9 Å². The molecule has 0 spiro atoms. The number of H-pyrrole nitrogens is 1. The van der Waals surface area contributed by atoms with E-state index in [9.17, 15) is 4.79 Å². The molecule has 0 bridgehead atoms. The second-order valence-corrected chi connectivity index (χ2v) is 6.17. The molecule has 2 N–H and O–H groups in total. The summed E-state index contributed by atoms with van der Waals surface area (Å²) in [5, 5.41) is 13.3. The van der Waals surface area contributed by atoms with Crippen molar-refractivity contribution in [3.63, 3.8) is 0 Å². The van der Waals surface area contributed by atoms with Gasteiger partial charge in [0.05, 0.1) is 19.0 Å². The van der Waals surface area contributed by atoms with Gasteiger partial charge in [0, 0.05) is 5.56 Å². The van der Waals surface area contributed by atoms with Crippen molar-refractivity contribution in [3.8, 4) is 17.0 Å². The number of aromatic nitrogens is 2. The fraction of sp³-hybridized carbons (Fsp3) is 0.0455. The number of fused-ring (bicyclic) bond motifs is 1. The third-order valence-corrected chi connectivity index (χ3v) is 4.38. The first-order valence-electron chi connectivity index (χ1n) is 8.75. The van der Waals surface area contributed by atoms with Crippen LogP contribution in [0.5, 0.6) is 5.75 Å². The zero-order valence-corrected chi connectivity index (χ0v) is 15.2. The van der Waals surface area contributed by atoms with E-state index in [0.717, 1.165) is 27.6 Å². The summed E-state index contributed by atoms with van der Waals surface area (Å²) in [5.41, 5.74) is 5.37. The number of nitrogens with zero attached hydrogens (tertiary/aromatic N) is 2. The summed E-state index contributed by atoms with van der Waals surface area (Å²) >= 11 is 0. The van der Waals surface area contributed by atoms with E-state index in [0.29, 0.717) is 11.4 Å². The number of nitrogens with one attached hydrogen (secondary N) is 2. The molecule has 28 heavy (non-hydrogen) atoms. The van der Waals surface area contributed by atoms with Crippen LogP contribution in [0.3, 0.4) is 0 Å². The smallest absolute Gasteiger partial charge is 0.289 e. The number of carbonyl (C=O) groups excluding carboxylic acids is 1. The SMILES string of the molecule is COc1ccc(/C=N/NC(=O)c2cc(-c3cccc4ccccc34)n[nH]2)cc1. The third-order valence-electron chi connectivity index (χ3n) is 4.38. The van der Waals surface area contributed by atoms with Crippen LogP contribution in [-0.2, 0) is 0 Å². The second kappa shape index (κ2) is 7.75. The van der Waals surface area contributed by atoms with Gasteiger partial charge < -0.3 is 4.74 Å². The molecule has 6 heteroatoms. The lowest BCUT2D eigenvalue weighted by Gasteiger charge is -2.02. The van der Waals surface area contributed by atoms with E-state index in [1.54, 1.807) is 19.4 Å². The van der Waals surface area contributed by atoms with Crippen molar-refractivity contribution < 1.29 is 9.53 Å². The highest BCUT2D eigenvalue weighted by Crippen LogP contribution is 2.27. The van der Waals surface area contributed by atoms with Crippen molar-refractivity contribution in [2.24, 2.45) is 5.10 Å². The molecule has 0 radical (unpaired) electrons. The molecule has 0 saturated carbocycles. The largest absolute Gasteiger partial charge is 0.497 e. The van der Waals surface area contributed by atoms with Gasteiger partial charge >= 0.3 is 0 Å². The molecule has 0 atom stereocenters. The number of hydrazone groups is 1. The van der Waals surface area contributed by atoms with Gasteiger partial charge in [0.15, 0.2) is 0 Å². The van der Waals surface area contributed by atoms with Crippen LogP contribution in [0.2, 0.25) is 0 Å². The quantitative estimate of drug-likeness (QED) is 0.412. The molecule has 6 nitrogen and oxygen atoms in total. The zero-order valence-electron chi connectivity index (χ0n) is 15.2. The first kappa shape index (κ1) is 17.5. The fourth-order valence-electron chi connectivity index (χ4n) is 2.94. The molecule has 1 amide bonds. The van der Waals surface area contributed by atoms with Gasteiger partial charge in [0.25, 0.3) is 5.91 Å². The molecule has 3 aromatic carbocycles. The van der Waals surface area contributed by atoms with Gasteiger partial charge in [-0.05, 0) is 46.7 Å². The molecule has 4 aromatic rings. The zero-order chi connectivity index (χ0) is 19.3. The number of hydrogen-bond acceptors (Lipinski definition) is 4. The summed E-state index contributed by atoms with van der Waals surface area (Å²) in [7, 11) is 1.61. The maximum absolute atomic E-state index is 12.3. The fourth-order valence-corrected chi connectivity index (χ4v) is 2.94. The monoisotopic (exact) mass is 370 g/mol. The Morgan fingerprint density at radius 3 is 2.68 bits per heavy atom. The van der Waals surface area contributed by atoms with Crippen LogP contribution in [0.25, 0.3) is 22.0 Å². The molecule has 138 valence electrons. The molecule has 0 aliphatic heterocycles. The molecule has 4 rings (SSSR count). The van der Waals surface area contributed by atoms with Gasteiger partial charge in [-0.2, -0.15) is 10.2 Å². The summed E-state index contributed by atoms with van der Waals surface area (Å²) < 4.78 is 5.11. The van der Waals surface area contributed by atoms with Gasteiger partial charge in [0.2, 0.25) is 0 Å². The van der Waals surface area contributed by atoms with Crippen LogP contribution in [-0.4, -0.2) is 29.4 Å². The summed E-state index contributed by atoms with van der Waals surface area (Å²) in [6.45, 7) is 0. The molecular formula is C22H18N4O2. The normalized spacial score (nSPS) is 11.0. The maximum Gasteiger partial charge on any atom is 0.289 e. The van der Waals surface area contributed by atoms with Crippen LogP contribution in [0.1, 0.15) is 16.1 Å². The van der Waals surface area contributed by atoms with Crippen molar-refractivity contribution in [1.82, 2.24) is 15.6 Å². The highest BCUT2D eigenvalue weighted by molar-refractivity contribution is 5.98. The summed E-state index contributed by atoms with van der Waals surface area (Å²) in [6.07, 6.45) is 1.57. The van der Waals surface area contributed by atoms with E-state index in [1.165, 1.54) is 0 Å². The number of ether oxygens (including phenoxy) is 1. The van der Waals surface area contributed by atoms with Gasteiger partial charge in [-0.3, -0.25) is 9.89 Å². The average molecular weight is 370 g/mol. The standard InChI is InChI=1S/C22H18N4O2/c1-28-17-11-9-15(10-12-17)14-23-26-22(27)21-13-20(24-25-21)19-8-4-6-16-5-2-3-7-18(16)19/h2-14H,1H3,(H,24,25)(H,26,27)/b23-14+. The Labute approximate surface area is 161 Å². The first-order chi connectivity index (χ1) is 13.7. The van der Waals surface area contributed by atoms with E-state index in [4.69, 9.17) is 4.74 Å². The number of benzene rings is 3. The highest BCUT2D eigenvalue weighted by atomic mass is 16.5. The van der Waals surface area contributed by atoms with E-state index >= 15 is 0 Å². The van der Waals surface area contributed by atoms with Crippen molar-refractivity contribution in [2.45, 2.75) is 0 Å². The predicted molar refractivity (Wildman–Crippen MR) is 110 cm³/mol. The average Bonchev–Trinajstić information content (AvgIpc) is 3.24. The number of hydrogen-bond donors (Lipinski definition) is 2. The summed E-state index contributed by atoms with van der Waals surface area (Å²) in [6, 6.07) is 23.2. The molecule has 1 aromatic heterocycles. The van der Waals surface area contributed by atoms with Crippen molar-refractivity contribution in [1.29, 1.82) is 0 Å². The lowest BCUT2D eigenvalue weighted by molar-refractivity contribution is 0.0950. The topological polar surface area (TPSA) is 79.4 Å². The van der Waals surface area contributed by atoms with Gasteiger partial charge in [-0.25, -0.2) is 5.43 Å². The maximum atomic E-state index is 12.3. The van der Waals surface area contributed by atoms with Gasteiger partial charge in [-0.15, -0.1) is 0 Å². The third kappa shape index (κ3) is 3.61. The lowest BCUT2D eigenvalue weighted by Crippen LogP contribution is -2.17. The Balaban J connectivity index is 1.49. The number of aromatic amines is 1. The van der Waals surface area contributed by atoms with E-state index in [2.05, 4.69) is 20.7 Å². The molecule has 0 fully saturated rings. The van der Waals surface area contributed by atoms with Gasteiger partial charge in [-0.1, -0.05) is 42.5 Å². The number of carbonyl (C=O) groups is 1. The van der Waals surface area contributed by atoms with E-state index < -0.39 is 0 Å². The Kier molecular flexibility index (Phi) is 4.84. The molecular weight excluding hydrogens is 352 g/mol. The van der Waals surface area contributed by atoms with Crippen LogP contribution >= 0.6 is 0 Å².